The van der Waals surface area contributed by atoms with Crippen LogP contribution in [0.1, 0.15) is 58.3 Å². The topological polar surface area (TPSA) is 92.7 Å². The maximum Gasteiger partial charge on any atom is 3.00 e. The van der Waals surface area contributed by atoms with Crippen LogP contribution in [0.5, 0.6) is 0 Å². The third-order valence-corrected chi connectivity index (χ3v) is 4.66. The van der Waals surface area contributed by atoms with Crippen LogP contribution < -0.4 is 10.5 Å². The number of hydrogen-bond acceptors (Lipinski definition) is 4. The fraction of sp³-hybridized carbons (Fsp3) is 0.684. The molecule has 147 valence electrons. The third-order valence-electron chi connectivity index (χ3n) is 4.66. The summed E-state index contributed by atoms with van der Waals surface area (Å²) < 4.78 is 0. The standard InChI is InChI=1S/C17H26N4.C2H4O2.Ni/c1-2-8-14(9-3-1)17(15-10-4-6-12-18-15)21-20-16-11-5-7-13-19-16;1-2(3)4;/h5,7,11,14-15,20H,1-4,6,8-10,12-13H2;1H3,(H,3,4);/q-2;;+3/p-1/b21-17+;;. The van der Waals surface area contributed by atoms with Gasteiger partial charge in [-0.15, -0.1) is 6.54 Å². The number of aliphatic carboxylic acids is 1. The number of allylic oxidation sites excluding steroid dienone is 2. The molecule has 3 aliphatic rings. The van der Waals surface area contributed by atoms with Gasteiger partial charge in [0.25, 0.3) is 0 Å². The average Bonchev–Trinajstić information content (AvgIpc) is 2.64. The Balaban J connectivity index is 0.000000616. The molecule has 1 atom stereocenters. The van der Waals surface area contributed by atoms with Gasteiger partial charge < -0.3 is 26.0 Å². The zero-order valence-corrected chi connectivity index (χ0v) is 16.4. The van der Waals surface area contributed by atoms with E-state index in [4.69, 9.17) is 20.3 Å². The molecule has 1 saturated carbocycles. The van der Waals surface area contributed by atoms with E-state index in [9.17, 15) is 0 Å². The van der Waals surface area contributed by atoms with E-state index in [1.807, 2.05) is 18.2 Å². The molecular formula is C19H29N4NiO2. The molecular weight excluding hydrogens is 375 g/mol. The van der Waals surface area contributed by atoms with Gasteiger partial charge >= 0.3 is 16.5 Å². The molecule has 0 aromatic heterocycles. The Labute approximate surface area is 166 Å². The van der Waals surface area contributed by atoms with Crippen molar-refractivity contribution in [2.75, 3.05) is 13.1 Å². The van der Waals surface area contributed by atoms with Gasteiger partial charge in [0, 0.05) is 11.7 Å². The number of hydrogen-bond donors (Lipinski definition) is 1. The second-order valence-electron chi connectivity index (χ2n) is 6.71. The first-order chi connectivity index (χ1) is 12.2. The van der Waals surface area contributed by atoms with Crippen molar-refractivity contribution in [2.45, 2.75) is 64.3 Å². The second-order valence-corrected chi connectivity index (χ2v) is 6.71. The van der Waals surface area contributed by atoms with Crippen molar-refractivity contribution >= 4 is 11.7 Å². The Kier molecular flexibility index (Phi) is 11.3. The van der Waals surface area contributed by atoms with Crippen LogP contribution in [0.2, 0.25) is 0 Å². The summed E-state index contributed by atoms with van der Waals surface area (Å²) in [4.78, 5) is 8.89. The van der Waals surface area contributed by atoms with Gasteiger partial charge in [0.1, 0.15) is 0 Å². The van der Waals surface area contributed by atoms with E-state index < -0.39 is 5.97 Å². The third kappa shape index (κ3) is 8.37. The van der Waals surface area contributed by atoms with Crippen LogP contribution in [0, 0.1) is 5.92 Å². The molecule has 26 heavy (non-hydrogen) atoms. The van der Waals surface area contributed by atoms with E-state index in [0.717, 1.165) is 25.8 Å². The zero-order chi connectivity index (χ0) is 17.9. The maximum atomic E-state index is 8.89. The van der Waals surface area contributed by atoms with Crippen LogP contribution in [0.25, 0.3) is 10.6 Å². The van der Waals surface area contributed by atoms with Crippen molar-refractivity contribution < 1.29 is 26.4 Å². The Morgan fingerprint density at radius 3 is 2.46 bits per heavy atom. The predicted molar refractivity (Wildman–Crippen MR) is 99.1 cm³/mol. The molecule has 2 heterocycles. The van der Waals surface area contributed by atoms with Gasteiger partial charge in [-0.25, -0.2) is 0 Å². The number of rotatable bonds is 4. The van der Waals surface area contributed by atoms with Gasteiger partial charge in [-0.2, -0.15) is 0 Å². The summed E-state index contributed by atoms with van der Waals surface area (Å²) in [6, 6.07) is 0.342. The number of piperidine rings is 1. The smallest absolute Gasteiger partial charge is 0.655 e. The Morgan fingerprint density at radius 1 is 1.19 bits per heavy atom. The fourth-order valence-corrected chi connectivity index (χ4v) is 3.48. The number of hydrazone groups is 1. The van der Waals surface area contributed by atoms with Gasteiger partial charge in [0.15, 0.2) is 0 Å². The molecule has 0 amide bonds. The molecule has 3 rings (SSSR count). The first-order valence-corrected chi connectivity index (χ1v) is 9.39. The van der Waals surface area contributed by atoms with E-state index in [1.165, 1.54) is 57.1 Å². The molecule has 0 spiro atoms. The van der Waals surface area contributed by atoms with Crippen molar-refractivity contribution in [2.24, 2.45) is 11.0 Å². The number of carboxylic acids is 1. The van der Waals surface area contributed by atoms with Crippen LogP contribution in [-0.4, -0.2) is 30.8 Å². The van der Waals surface area contributed by atoms with Crippen molar-refractivity contribution in [3.05, 3.63) is 34.7 Å². The number of carboxylic acid groups (broad SMARTS) is 1. The van der Waals surface area contributed by atoms with Crippen LogP contribution in [0.15, 0.2) is 29.2 Å². The van der Waals surface area contributed by atoms with E-state index in [0.29, 0.717) is 12.0 Å². The summed E-state index contributed by atoms with van der Waals surface area (Å²) in [6.45, 7) is 2.73. The molecule has 1 aliphatic carbocycles. The summed E-state index contributed by atoms with van der Waals surface area (Å²) in [7, 11) is 0. The van der Waals surface area contributed by atoms with Gasteiger partial charge in [-0.1, -0.05) is 62.8 Å². The number of nitrogens with zero attached hydrogens (tertiary/aromatic N) is 3. The van der Waals surface area contributed by atoms with E-state index >= 15 is 0 Å². The summed E-state index contributed by atoms with van der Waals surface area (Å²) >= 11 is 0. The largest absolute Gasteiger partial charge is 3.00 e. The average molecular weight is 404 g/mol. The summed E-state index contributed by atoms with van der Waals surface area (Å²) in [6.07, 6.45) is 16.4. The molecule has 0 aromatic carbocycles. The molecule has 1 unspecified atom stereocenters. The molecule has 1 N–H and O–H groups in total. The molecule has 1 radical (unpaired) electrons. The first-order valence-electron chi connectivity index (χ1n) is 9.39. The molecule has 7 heteroatoms. The minimum absolute atomic E-state index is 0. The molecule has 2 aliphatic heterocycles. The van der Waals surface area contributed by atoms with Gasteiger partial charge in [-0.05, 0) is 38.0 Å². The van der Waals surface area contributed by atoms with Crippen molar-refractivity contribution in [3.63, 3.8) is 0 Å². The molecule has 2 fully saturated rings. The predicted octanol–water partition coefficient (Wildman–Crippen LogP) is 2.98. The molecule has 0 aromatic rings. The molecule has 0 bridgehead atoms. The monoisotopic (exact) mass is 403 g/mol. The van der Waals surface area contributed by atoms with Crippen LogP contribution in [0.3, 0.4) is 0 Å². The quantitative estimate of drug-likeness (QED) is 0.444. The second kappa shape index (κ2) is 12.9. The van der Waals surface area contributed by atoms with Crippen LogP contribution in [0.4, 0.5) is 0 Å². The Bertz CT molecular complexity index is 484. The number of carbonyl (C=O) groups is 1. The zero-order valence-electron chi connectivity index (χ0n) is 15.4. The van der Waals surface area contributed by atoms with Gasteiger partial charge in [-0.3, -0.25) is 5.10 Å². The minimum atomic E-state index is -1.08. The molecule has 1 saturated heterocycles. The van der Waals surface area contributed by atoms with Gasteiger partial charge in [0.2, 0.25) is 0 Å². The van der Waals surface area contributed by atoms with Crippen LogP contribution >= 0.6 is 0 Å². The SMILES string of the molecule is C1=CC[N-]C(N/N=C(\C2CCCCC2)C2CCCC[N-]2)=C1.CC(=O)[O-].[Ni+3]. The van der Waals surface area contributed by atoms with Crippen molar-refractivity contribution in [1.82, 2.24) is 5.43 Å². The fourth-order valence-electron chi connectivity index (χ4n) is 3.48. The van der Waals surface area contributed by atoms with E-state index in [2.05, 4.69) is 10.7 Å². The van der Waals surface area contributed by atoms with E-state index in [1.54, 1.807) is 0 Å². The Morgan fingerprint density at radius 2 is 1.88 bits per heavy atom. The minimum Gasteiger partial charge on any atom is -0.655 e. The van der Waals surface area contributed by atoms with Crippen LogP contribution in [-0.2, 0) is 21.3 Å². The Hall–Kier alpha value is -1.33. The number of carbonyl (C=O) groups excluding carboxylic acids is 1. The van der Waals surface area contributed by atoms with Crippen molar-refractivity contribution in [1.29, 1.82) is 0 Å². The first kappa shape index (κ1) is 22.7. The van der Waals surface area contributed by atoms with E-state index in [-0.39, 0.29) is 16.5 Å². The molecule has 6 nitrogen and oxygen atoms in total. The number of nitrogens with one attached hydrogen (secondary N) is 1. The van der Waals surface area contributed by atoms with Crippen molar-refractivity contribution in [3.8, 4) is 0 Å². The summed E-state index contributed by atoms with van der Waals surface area (Å²) in [5.74, 6) is 0.416. The summed E-state index contributed by atoms with van der Waals surface area (Å²) in [5.41, 5.74) is 4.48. The summed E-state index contributed by atoms with van der Waals surface area (Å²) in [5, 5.41) is 22.9. The maximum absolute atomic E-state index is 8.89. The normalized spacial score (nSPS) is 23.5. The van der Waals surface area contributed by atoms with Gasteiger partial charge in [0.05, 0.1) is 0 Å².